The van der Waals surface area contributed by atoms with Crippen molar-refractivity contribution in [2.75, 3.05) is 0 Å². The molecule has 1 heterocycles. The first-order valence-corrected chi connectivity index (χ1v) is 8.86. The summed E-state index contributed by atoms with van der Waals surface area (Å²) in [6.45, 7) is 2.12. The number of primary amides is 1. The summed E-state index contributed by atoms with van der Waals surface area (Å²) >= 11 is 0. The number of benzene rings is 2. The van der Waals surface area contributed by atoms with Crippen LogP contribution in [0.3, 0.4) is 0 Å². The highest BCUT2D eigenvalue weighted by Gasteiger charge is 2.13. The highest BCUT2D eigenvalue weighted by Crippen LogP contribution is 2.19. The van der Waals surface area contributed by atoms with Gasteiger partial charge in [0, 0.05) is 18.0 Å². The predicted octanol–water partition coefficient (Wildman–Crippen LogP) is 3.25. The van der Waals surface area contributed by atoms with Crippen molar-refractivity contribution in [3.63, 3.8) is 0 Å². The first-order valence-electron chi connectivity index (χ1n) is 8.86. The summed E-state index contributed by atoms with van der Waals surface area (Å²) in [5.41, 5.74) is 7.95. The fraction of sp³-hybridized carbons (Fsp3) is 0.136. The van der Waals surface area contributed by atoms with E-state index in [9.17, 15) is 9.59 Å². The number of ether oxygens (including phenoxy) is 1. The first-order chi connectivity index (χ1) is 13.5. The number of carbonyl (C=O) groups is 2. The summed E-state index contributed by atoms with van der Waals surface area (Å²) in [5.74, 6) is -0.320. The number of nitrogens with two attached hydrogens (primary N) is 1. The van der Waals surface area contributed by atoms with Crippen LogP contribution in [0.5, 0.6) is 5.75 Å². The Morgan fingerprint density at radius 2 is 1.93 bits per heavy atom. The van der Waals surface area contributed by atoms with Crippen LogP contribution in [-0.4, -0.2) is 16.8 Å². The fourth-order valence-corrected chi connectivity index (χ4v) is 2.75. The number of hydrogen-bond donors (Lipinski definition) is 2. The second-order valence-electron chi connectivity index (χ2n) is 6.33. The van der Waals surface area contributed by atoms with Gasteiger partial charge in [-0.15, -0.1) is 0 Å². The highest BCUT2D eigenvalue weighted by molar-refractivity contribution is 5.95. The largest absolute Gasteiger partial charge is 0.488 e. The Hall–Kier alpha value is -3.67. The fourth-order valence-electron chi connectivity index (χ4n) is 2.75. The van der Waals surface area contributed by atoms with Crippen LogP contribution in [0.2, 0.25) is 0 Å². The minimum Gasteiger partial charge on any atom is -0.488 e. The zero-order chi connectivity index (χ0) is 19.9. The molecular weight excluding hydrogens is 354 g/mol. The van der Waals surface area contributed by atoms with Crippen LogP contribution in [0.25, 0.3) is 0 Å². The molecule has 2 aromatic carbocycles. The molecule has 3 N–H and O–H groups in total. The van der Waals surface area contributed by atoms with Gasteiger partial charge >= 0.3 is 0 Å². The lowest BCUT2D eigenvalue weighted by Gasteiger charge is -2.14. The third-order valence-electron chi connectivity index (χ3n) is 4.27. The number of hydrogen-bond acceptors (Lipinski definition) is 4. The molecule has 0 aliphatic carbocycles. The second-order valence-corrected chi connectivity index (χ2v) is 6.33. The zero-order valence-corrected chi connectivity index (χ0v) is 15.5. The van der Waals surface area contributed by atoms with Crippen molar-refractivity contribution < 1.29 is 14.3 Å². The number of pyridine rings is 1. The van der Waals surface area contributed by atoms with E-state index in [1.807, 2.05) is 25.1 Å². The van der Waals surface area contributed by atoms with Crippen molar-refractivity contribution in [3.8, 4) is 5.75 Å². The van der Waals surface area contributed by atoms with E-state index in [4.69, 9.17) is 10.5 Å². The van der Waals surface area contributed by atoms with Gasteiger partial charge in [0.2, 0.25) is 0 Å². The normalized spacial score (nSPS) is 11.5. The molecule has 0 saturated heterocycles. The van der Waals surface area contributed by atoms with Gasteiger partial charge in [-0.3, -0.25) is 14.6 Å². The summed E-state index contributed by atoms with van der Waals surface area (Å²) in [5, 5.41) is 2.96. The van der Waals surface area contributed by atoms with Gasteiger partial charge in [-0.1, -0.05) is 30.3 Å². The maximum Gasteiger partial charge on any atom is 0.252 e. The Kier molecular flexibility index (Phi) is 6.01. The van der Waals surface area contributed by atoms with Crippen LogP contribution in [0.15, 0.2) is 73.1 Å². The lowest BCUT2D eigenvalue weighted by molar-refractivity contribution is 0.0938. The number of nitrogens with one attached hydrogen (secondary N) is 1. The molecule has 0 bridgehead atoms. The van der Waals surface area contributed by atoms with Gasteiger partial charge in [0.1, 0.15) is 12.4 Å². The molecule has 6 nitrogen and oxygen atoms in total. The topological polar surface area (TPSA) is 94.3 Å². The third kappa shape index (κ3) is 4.73. The van der Waals surface area contributed by atoms with E-state index in [2.05, 4.69) is 10.3 Å². The Labute approximate surface area is 163 Å². The SMILES string of the molecule is C[C@@H](NC(=O)c1cccc(COc2ccccc2C(N)=O)c1)c1cccnc1. The standard InChI is InChI=1S/C22H21N3O3/c1-15(18-8-5-11-24-13-18)25-22(27)17-7-4-6-16(12-17)14-28-20-10-3-2-9-19(20)21(23)26/h2-13,15H,14H2,1H3,(H2,23,26)(H,25,27)/t15-/m1/s1. The van der Waals surface area contributed by atoms with Gasteiger partial charge in [0.15, 0.2) is 0 Å². The monoisotopic (exact) mass is 375 g/mol. The predicted molar refractivity (Wildman–Crippen MR) is 106 cm³/mol. The molecule has 28 heavy (non-hydrogen) atoms. The number of amides is 2. The van der Waals surface area contributed by atoms with Crippen molar-refractivity contribution in [1.82, 2.24) is 10.3 Å². The van der Waals surface area contributed by atoms with Gasteiger partial charge in [-0.25, -0.2) is 0 Å². The quantitative estimate of drug-likeness (QED) is 0.663. The van der Waals surface area contributed by atoms with E-state index in [1.54, 1.807) is 54.9 Å². The highest BCUT2D eigenvalue weighted by atomic mass is 16.5. The van der Waals surface area contributed by atoms with Crippen LogP contribution in [-0.2, 0) is 6.61 Å². The third-order valence-corrected chi connectivity index (χ3v) is 4.27. The molecule has 0 unspecified atom stereocenters. The van der Waals surface area contributed by atoms with Crippen LogP contribution in [0, 0.1) is 0 Å². The number of rotatable bonds is 7. The molecule has 6 heteroatoms. The van der Waals surface area contributed by atoms with Crippen molar-refractivity contribution >= 4 is 11.8 Å². The summed E-state index contributed by atoms with van der Waals surface area (Å²) in [6.07, 6.45) is 3.42. The summed E-state index contributed by atoms with van der Waals surface area (Å²) < 4.78 is 5.73. The van der Waals surface area contributed by atoms with E-state index in [0.29, 0.717) is 16.9 Å². The van der Waals surface area contributed by atoms with Crippen molar-refractivity contribution in [1.29, 1.82) is 0 Å². The number of carbonyl (C=O) groups excluding carboxylic acids is 2. The molecule has 3 rings (SSSR count). The van der Waals surface area contributed by atoms with E-state index in [1.165, 1.54) is 0 Å². The summed E-state index contributed by atoms with van der Waals surface area (Å²) in [4.78, 5) is 28.1. The van der Waals surface area contributed by atoms with Crippen LogP contribution >= 0.6 is 0 Å². The molecule has 1 atom stereocenters. The van der Waals surface area contributed by atoms with Gasteiger partial charge in [0.25, 0.3) is 11.8 Å². The molecular formula is C22H21N3O3. The summed E-state index contributed by atoms with van der Waals surface area (Å²) in [7, 11) is 0. The molecule has 2 amide bonds. The van der Waals surface area contributed by atoms with E-state index in [0.717, 1.165) is 11.1 Å². The van der Waals surface area contributed by atoms with Crippen LogP contribution in [0.1, 0.15) is 44.8 Å². The minimum absolute atomic E-state index is 0.163. The summed E-state index contributed by atoms with van der Waals surface area (Å²) in [6, 6.07) is 17.5. The van der Waals surface area contributed by atoms with Crippen LogP contribution in [0.4, 0.5) is 0 Å². The van der Waals surface area contributed by atoms with Gasteiger partial charge in [0.05, 0.1) is 11.6 Å². The Morgan fingerprint density at radius 3 is 2.68 bits per heavy atom. The molecule has 3 aromatic rings. The second kappa shape index (κ2) is 8.81. The van der Waals surface area contributed by atoms with E-state index in [-0.39, 0.29) is 18.6 Å². The van der Waals surface area contributed by atoms with E-state index < -0.39 is 5.91 Å². The van der Waals surface area contributed by atoms with Crippen molar-refractivity contribution in [2.24, 2.45) is 5.73 Å². The maximum absolute atomic E-state index is 12.6. The zero-order valence-electron chi connectivity index (χ0n) is 15.5. The number of nitrogens with zero attached hydrogens (tertiary/aromatic N) is 1. The van der Waals surface area contributed by atoms with Crippen molar-refractivity contribution in [2.45, 2.75) is 19.6 Å². The molecule has 1 aromatic heterocycles. The van der Waals surface area contributed by atoms with Crippen LogP contribution < -0.4 is 15.8 Å². The molecule has 0 spiro atoms. The maximum atomic E-state index is 12.6. The Balaban J connectivity index is 1.67. The number of aromatic nitrogens is 1. The Bertz CT molecular complexity index is 974. The Morgan fingerprint density at radius 1 is 1.11 bits per heavy atom. The van der Waals surface area contributed by atoms with Gasteiger partial charge in [-0.2, -0.15) is 0 Å². The molecule has 0 radical (unpaired) electrons. The molecule has 0 fully saturated rings. The van der Waals surface area contributed by atoms with E-state index >= 15 is 0 Å². The first kappa shape index (κ1) is 19.1. The molecule has 142 valence electrons. The molecule has 0 aliphatic heterocycles. The average Bonchev–Trinajstić information content (AvgIpc) is 2.73. The molecule has 0 aliphatic rings. The van der Waals surface area contributed by atoms with Crippen molar-refractivity contribution in [3.05, 3.63) is 95.3 Å². The molecule has 0 saturated carbocycles. The lowest BCUT2D eigenvalue weighted by Crippen LogP contribution is -2.26. The minimum atomic E-state index is -0.548. The van der Waals surface area contributed by atoms with Gasteiger partial charge < -0.3 is 15.8 Å². The lowest BCUT2D eigenvalue weighted by atomic mass is 10.1. The average molecular weight is 375 g/mol. The van der Waals surface area contributed by atoms with Gasteiger partial charge in [-0.05, 0) is 48.4 Å². The smallest absolute Gasteiger partial charge is 0.252 e. The number of para-hydroxylation sites is 1.